The summed E-state index contributed by atoms with van der Waals surface area (Å²) in [5.41, 5.74) is 0. The predicted molar refractivity (Wildman–Crippen MR) is 83.0 cm³/mol. The molecule has 0 radical (unpaired) electrons. The standard InChI is InChI=1S/C14H19BrN4O2/c1-2-19-10-17-18-14(19)8-16-7-12(20)9-21-13-5-3-11(15)4-6-13/h3-6,10,12,16,20H,2,7-9H2,1H3. The first-order valence-electron chi connectivity index (χ1n) is 6.83. The van der Waals surface area contributed by atoms with Gasteiger partial charge in [-0.15, -0.1) is 10.2 Å². The number of aliphatic hydroxyl groups excluding tert-OH is 1. The summed E-state index contributed by atoms with van der Waals surface area (Å²) in [6.07, 6.45) is 1.12. The minimum Gasteiger partial charge on any atom is -0.491 e. The maximum absolute atomic E-state index is 9.88. The van der Waals surface area contributed by atoms with Crippen molar-refractivity contribution in [2.45, 2.75) is 26.1 Å². The molecule has 0 aliphatic heterocycles. The van der Waals surface area contributed by atoms with Crippen LogP contribution in [0.1, 0.15) is 12.7 Å². The van der Waals surface area contributed by atoms with Crippen molar-refractivity contribution < 1.29 is 9.84 Å². The van der Waals surface area contributed by atoms with E-state index in [1.165, 1.54) is 0 Å². The van der Waals surface area contributed by atoms with Gasteiger partial charge in [0, 0.05) is 17.6 Å². The molecular weight excluding hydrogens is 336 g/mol. The maximum Gasteiger partial charge on any atom is 0.146 e. The third kappa shape index (κ3) is 5.11. The quantitative estimate of drug-likeness (QED) is 0.753. The topological polar surface area (TPSA) is 72.2 Å². The Balaban J connectivity index is 1.68. The van der Waals surface area contributed by atoms with Crippen LogP contribution in [-0.2, 0) is 13.1 Å². The molecule has 0 aliphatic rings. The minimum atomic E-state index is -0.577. The summed E-state index contributed by atoms with van der Waals surface area (Å²) in [6, 6.07) is 7.51. The fraction of sp³-hybridized carbons (Fsp3) is 0.429. The lowest BCUT2D eigenvalue weighted by molar-refractivity contribution is 0.106. The van der Waals surface area contributed by atoms with Crippen molar-refractivity contribution in [1.29, 1.82) is 0 Å². The SMILES string of the molecule is CCn1cnnc1CNCC(O)COc1ccc(Br)cc1. The molecular formula is C14H19BrN4O2. The van der Waals surface area contributed by atoms with Gasteiger partial charge in [0.25, 0.3) is 0 Å². The lowest BCUT2D eigenvalue weighted by atomic mass is 10.3. The van der Waals surface area contributed by atoms with Crippen molar-refractivity contribution in [2.75, 3.05) is 13.2 Å². The van der Waals surface area contributed by atoms with Crippen LogP contribution in [0.25, 0.3) is 0 Å². The molecule has 1 unspecified atom stereocenters. The van der Waals surface area contributed by atoms with Crippen LogP contribution in [-0.4, -0.2) is 39.1 Å². The largest absolute Gasteiger partial charge is 0.491 e. The Hall–Kier alpha value is -1.44. The van der Waals surface area contributed by atoms with Crippen molar-refractivity contribution in [3.05, 3.63) is 40.9 Å². The summed E-state index contributed by atoms with van der Waals surface area (Å²) < 4.78 is 8.46. The molecule has 0 bridgehead atoms. The Morgan fingerprint density at radius 2 is 2.14 bits per heavy atom. The minimum absolute atomic E-state index is 0.245. The molecule has 0 saturated carbocycles. The number of nitrogens with zero attached hydrogens (tertiary/aromatic N) is 3. The number of aryl methyl sites for hydroxylation is 1. The Labute approximate surface area is 132 Å². The van der Waals surface area contributed by atoms with E-state index in [-0.39, 0.29) is 6.61 Å². The van der Waals surface area contributed by atoms with Gasteiger partial charge in [0.05, 0.1) is 6.54 Å². The highest BCUT2D eigenvalue weighted by Gasteiger charge is 2.07. The first-order chi connectivity index (χ1) is 10.2. The lowest BCUT2D eigenvalue weighted by Gasteiger charge is -2.13. The molecule has 2 N–H and O–H groups in total. The summed E-state index contributed by atoms with van der Waals surface area (Å²) >= 11 is 3.36. The molecule has 0 fully saturated rings. The number of nitrogens with one attached hydrogen (secondary N) is 1. The summed E-state index contributed by atoms with van der Waals surface area (Å²) in [7, 11) is 0. The van der Waals surface area contributed by atoms with Gasteiger partial charge in [0.15, 0.2) is 0 Å². The molecule has 1 aromatic carbocycles. The van der Waals surface area contributed by atoms with Crippen LogP contribution in [0.3, 0.4) is 0 Å². The molecule has 2 aromatic rings. The van der Waals surface area contributed by atoms with E-state index in [1.54, 1.807) is 6.33 Å². The molecule has 21 heavy (non-hydrogen) atoms. The van der Waals surface area contributed by atoms with Crippen LogP contribution >= 0.6 is 15.9 Å². The molecule has 0 saturated heterocycles. The van der Waals surface area contributed by atoms with Gasteiger partial charge in [-0.2, -0.15) is 0 Å². The van der Waals surface area contributed by atoms with Gasteiger partial charge in [-0.1, -0.05) is 15.9 Å². The zero-order valence-electron chi connectivity index (χ0n) is 11.9. The number of aromatic nitrogens is 3. The van der Waals surface area contributed by atoms with E-state index in [4.69, 9.17) is 4.74 Å². The molecule has 114 valence electrons. The summed E-state index contributed by atoms with van der Waals surface area (Å²) in [4.78, 5) is 0. The molecule has 0 aliphatic carbocycles. The Kier molecular flexibility index (Phi) is 6.16. The highest BCUT2D eigenvalue weighted by atomic mass is 79.9. The molecule has 1 atom stereocenters. The second-order valence-electron chi connectivity index (χ2n) is 4.58. The molecule has 2 rings (SSSR count). The fourth-order valence-corrected chi connectivity index (χ4v) is 2.08. The average molecular weight is 355 g/mol. The highest BCUT2D eigenvalue weighted by Crippen LogP contribution is 2.16. The number of halogens is 1. The Bertz CT molecular complexity index is 544. The van der Waals surface area contributed by atoms with Crippen LogP contribution < -0.4 is 10.1 Å². The van der Waals surface area contributed by atoms with Gasteiger partial charge in [-0.3, -0.25) is 0 Å². The smallest absolute Gasteiger partial charge is 0.146 e. The van der Waals surface area contributed by atoms with E-state index in [0.29, 0.717) is 13.1 Å². The van der Waals surface area contributed by atoms with E-state index in [2.05, 4.69) is 31.4 Å². The molecule has 6 nitrogen and oxygen atoms in total. The normalized spacial score (nSPS) is 12.3. The van der Waals surface area contributed by atoms with Gasteiger partial charge in [0.1, 0.15) is 30.6 Å². The molecule has 0 amide bonds. The summed E-state index contributed by atoms with van der Waals surface area (Å²) in [5.74, 6) is 1.60. The second-order valence-corrected chi connectivity index (χ2v) is 5.50. The van der Waals surface area contributed by atoms with Crippen molar-refractivity contribution in [2.24, 2.45) is 0 Å². The van der Waals surface area contributed by atoms with Gasteiger partial charge < -0.3 is 19.7 Å². The zero-order valence-corrected chi connectivity index (χ0v) is 13.5. The second kappa shape index (κ2) is 8.11. The van der Waals surface area contributed by atoms with Crippen molar-refractivity contribution in [3.63, 3.8) is 0 Å². The highest BCUT2D eigenvalue weighted by molar-refractivity contribution is 9.10. The number of hydrogen-bond donors (Lipinski definition) is 2. The number of ether oxygens (including phenoxy) is 1. The number of hydrogen-bond acceptors (Lipinski definition) is 5. The third-order valence-electron chi connectivity index (χ3n) is 2.96. The summed E-state index contributed by atoms with van der Waals surface area (Å²) in [5, 5.41) is 20.9. The average Bonchev–Trinajstić information content (AvgIpc) is 2.94. The number of rotatable bonds is 8. The molecule has 1 aromatic heterocycles. The Morgan fingerprint density at radius 3 is 2.86 bits per heavy atom. The van der Waals surface area contributed by atoms with E-state index >= 15 is 0 Å². The third-order valence-corrected chi connectivity index (χ3v) is 3.48. The lowest BCUT2D eigenvalue weighted by Crippen LogP contribution is -2.31. The van der Waals surface area contributed by atoms with Crippen LogP contribution in [0.4, 0.5) is 0 Å². The number of benzene rings is 1. The van der Waals surface area contributed by atoms with Gasteiger partial charge in [0.2, 0.25) is 0 Å². The van der Waals surface area contributed by atoms with E-state index in [0.717, 1.165) is 22.6 Å². The maximum atomic E-state index is 9.88. The van der Waals surface area contributed by atoms with Gasteiger partial charge in [-0.25, -0.2) is 0 Å². The van der Waals surface area contributed by atoms with Crippen LogP contribution in [0.2, 0.25) is 0 Å². The van der Waals surface area contributed by atoms with Crippen molar-refractivity contribution in [3.8, 4) is 5.75 Å². The number of aliphatic hydroxyl groups is 1. The monoisotopic (exact) mass is 354 g/mol. The van der Waals surface area contributed by atoms with E-state index in [1.807, 2.05) is 35.8 Å². The molecule has 7 heteroatoms. The first kappa shape index (κ1) is 15.9. The summed E-state index contributed by atoms with van der Waals surface area (Å²) in [6.45, 7) is 4.12. The Morgan fingerprint density at radius 1 is 1.38 bits per heavy atom. The van der Waals surface area contributed by atoms with Gasteiger partial charge in [-0.05, 0) is 31.2 Å². The van der Waals surface area contributed by atoms with Crippen LogP contribution in [0, 0.1) is 0 Å². The molecule has 0 spiro atoms. The van der Waals surface area contributed by atoms with Crippen molar-refractivity contribution >= 4 is 15.9 Å². The van der Waals surface area contributed by atoms with Crippen LogP contribution in [0.5, 0.6) is 5.75 Å². The van der Waals surface area contributed by atoms with Crippen molar-refractivity contribution in [1.82, 2.24) is 20.1 Å². The van der Waals surface area contributed by atoms with E-state index < -0.39 is 6.10 Å². The molecule has 1 heterocycles. The van der Waals surface area contributed by atoms with Crippen LogP contribution in [0.15, 0.2) is 35.1 Å². The first-order valence-corrected chi connectivity index (χ1v) is 7.62. The zero-order chi connectivity index (χ0) is 15.1. The predicted octanol–water partition coefficient (Wildman–Crippen LogP) is 1.59. The fourth-order valence-electron chi connectivity index (χ4n) is 1.81. The van der Waals surface area contributed by atoms with E-state index in [9.17, 15) is 5.11 Å². The van der Waals surface area contributed by atoms with Gasteiger partial charge >= 0.3 is 0 Å².